The number of fused-ring (bicyclic) bond motifs is 1. The van der Waals surface area contributed by atoms with Gasteiger partial charge >= 0.3 is 6.18 Å². The third kappa shape index (κ3) is 5.71. The molecule has 0 aliphatic carbocycles. The maximum absolute atomic E-state index is 13.0. The highest BCUT2D eigenvalue weighted by atomic mass is 19.4. The van der Waals surface area contributed by atoms with E-state index in [1.807, 2.05) is 0 Å². The number of nitrogens with one attached hydrogen (secondary N) is 1. The Morgan fingerprint density at radius 1 is 1.06 bits per heavy atom. The molecule has 2 aliphatic rings. The molecule has 0 atom stereocenters. The Morgan fingerprint density at radius 2 is 1.85 bits per heavy atom. The number of benzene rings is 1. The van der Waals surface area contributed by atoms with Gasteiger partial charge < -0.3 is 15.1 Å². The van der Waals surface area contributed by atoms with Crippen LogP contribution < -0.4 is 10.2 Å². The van der Waals surface area contributed by atoms with Gasteiger partial charge in [0.25, 0.3) is 5.91 Å². The van der Waals surface area contributed by atoms with Gasteiger partial charge in [-0.15, -0.1) is 0 Å². The van der Waals surface area contributed by atoms with Gasteiger partial charge in [0.15, 0.2) is 0 Å². The molecule has 9 heteroatoms. The molecule has 1 saturated heterocycles. The van der Waals surface area contributed by atoms with Gasteiger partial charge in [-0.2, -0.15) is 13.2 Å². The molecule has 2 aliphatic heterocycles. The molecule has 4 rings (SSSR count). The maximum atomic E-state index is 13.0. The van der Waals surface area contributed by atoms with Crippen molar-refractivity contribution in [2.45, 2.75) is 38.3 Å². The van der Waals surface area contributed by atoms with Gasteiger partial charge in [0, 0.05) is 25.8 Å². The molecule has 176 valence electrons. The first-order chi connectivity index (χ1) is 15.8. The molecule has 1 aromatic carbocycles. The van der Waals surface area contributed by atoms with Crippen LogP contribution >= 0.6 is 0 Å². The minimum Gasteiger partial charge on any atom is -0.351 e. The number of rotatable bonds is 6. The summed E-state index contributed by atoms with van der Waals surface area (Å²) in [6, 6.07) is 6.48. The second kappa shape index (κ2) is 9.91. The summed E-state index contributed by atoms with van der Waals surface area (Å²) in [6.45, 7) is 3.88. The normalized spacial score (nSPS) is 16.5. The number of halogens is 3. The van der Waals surface area contributed by atoms with Crippen LogP contribution in [0.3, 0.4) is 0 Å². The summed E-state index contributed by atoms with van der Waals surface area (Å²) < 4.78 is 39.0. The van der Waals surface area contributed by atoms with Gasteiger partial charge in [-0.25, -0.2) is 0 Å². The average Bonchev–Trinajstić information content (AvgIpc) is 3.31. The van der Waals surface area contributed by atoms with Crippen LogP contribution in [0.1, 0.15) is 46.4 Å². The highest BCUT2D eigenvalue weighted by Crippen LogP contribution is 2.31. The van der Waals surface area contributed by atoms with Crippen LogP contribution in [-0.2, 0) is 23.8 Å². The fourth-order valence-corrected chi connectivity index (χ4v) is 4.38. The topological polar surface area (TPSA) is 65.5 Å². The summed E-state index contributed by atoms with van der Waals surface area (Å²) in [6.07, 6.45) is 0.660. The summed E-state index contributed by atoms with van der Waals surface area (Å²) in [5.41, 5.74) is 1.17. The summed E-state index contributed by atoms with van der Waals surface area (Å²) in [5, 5.41) is 2.91. The fourth-order valence-electron chi connectivity index (χ4n) is 4.38. The van der Waals surface area contributed by atoms with Crippen molar-refractivity contribution in [1.82, 2.24) is 15.2 Å². The number of anilines is 1. The fraction of sp³-hybridized carbons (Fsp3) is 0.458. The number of nitrogens with zero attached hydrogens (tertiary/aromatic N) is 3. The first-order valence-corrected chi connectivity index (χ1v) is 11.3. The van der Waals surface area contributed by atoms with E-state index in [1.165, 1.54) is 36.1 Å². The zero-order valence-corrected chi connectivity index (χ0v) is 18.3. The van der Waals surface area contributed by atoms with Gasteiger partial charge in [0.2, 0.25) is 5.91 Å². The number of amides is 2. The molecule has 0 bridgehead atoms. The lowest BCUT2D eigenvalue weighted by atomic mass is 10.0. The van der Waals surface area contributed by atoms with Crippen molar-refractivity contribution in [2.75, 3.05) is 37.6 Å². The van der Waals surface area contributed by atoms with Crippen molar-refractivity contribution in [1.29, 1.82) is 0 Å². The zero-order valence-electron chi connectivity index (χ0n) is 18.3. The Kier molecular flexibility index (Phi) is 6.97. The number of aryl methyl sites for hydroxylation is 1. The van der Waals surface area contributed by atoms with Crippen molar-refractivity contribution in [2.24, 2.45) is 0 Å². The lowest BCUT2D eigenvalue weighted by Crippen LogP contribution is -2.37. The second-order valence-electron chi connectivity index (χ2n) is 8.52. The second-order valence-corrected chi connectivity index (χ2v) is 8.52. The Balaban J connectivity index is 1.45. The summed E-state index contributed by atoms with van der Waals surface area (Å²) in [5.74, 6) is -0.566. The third-order valence-corrected chi connectivity index (χ3v) is 6.12. The van der Waals surface area contributed by atoms with E-state index in [9.17, 15) is 22.8 Å². The predicted molar refractivity (Wildman–Crippen MR) is 118 cm³/mol. The van der Waals surface area contributed by atoms with Crippen LogP contribution in [0.4, 0.5) is 18.9 Å². The lowest BCUT2D eigenvalue weighted by Gasteiger charge is -2.29. The third-order valence-electron chi connectivity index (χ3n) is 6.12. The molecule has 1 aromatic heterocycles. The van der Waals surface area contributed by atoms with E-state index in [2.05, 4.69) is 15.2 Å². The molecule has 6 nitrogen and oxygen atoms in total. The van der Waals surface area contributed by atoms with Crippen LogP contribution in [0.25, 0.3) is 0 Å². The van der Waals surface area contributed by atoms with Gasteiger partial charge in [-0.05, 0) is 56.5 Å². The quantitative estimate of drug-likeness (QED) is 0.717. The lowest BCUT2D eigenvalue weighted by molar-refractivity contribution is -0.137. The number of likely N-dealkylation sites (tertiary alicyclic amines) is 1. The molecule has 2 amide bonds. The van der Waals surface area contributed by atoms with E-state index in [0.717, 1.165) is 31.8 Å². The number of hydrogen-bond donors (Lipinski definition) is 1. The van der Waals surface area contributed by atoms with Crippen LogP contribution in [0, 0.1) is 0 Å². The molecule has 0 radical (unpaired) electrons. The smallest absolute Gasteiger partial charge is 0.351 e. The van der Waals surface area contributed by atoms with Crippen LogP contribution in [0.2, 0.25) is 0 Å². The van der Waals surface area contributed by atoms with E-state index in [-0.39, 0.29) is 18.2 Å². The number of hydrogen-bond acceptors (Lipinski definition) is 4. The van der Waals surface area contributed by atoms with Gasteiger partial charge in [-0.3, -0.25) is 14.6 Å². The van der Waals surface area contributed by atoms with E-state index in [1.54, 1.807) is 6.07 Å². The SMILES string of the molecule is O=C(NCCN1CCCC1)c1cnc2c(c1)N(C(=O)Cc1cccc(C(F)(F)F)c1)CCC2. The minimum atomic E-state index is -4.46. The monoisotopic (exact) mass is 460 g/mol. The average molecular weight is 461 g/mol. The maximum Gasteiger partial charge on any atom is 0.416 e. The standard InChI is InChI=1S/C24H27F3N4O2/c25-24(26,27)19-6-3-5-17(13-19)14-22(32)31-11-4-7-20-21(31)15-18(16-29-20)23(33)28-8-12-30-9-1-2-10-30/h3,5-6,13,15-16H,1-2,4,7-12,14H2,(H,28,33). The van der Waals surface area contributed by atoms with Gasteiger partial charge in [-0.1, -0.05) is 18.2 Å². The number of pyridine rings is 1. The Bertz CT molecular complexity index is 1020. The van der Waals surface area contributed by atoms with Crippen LogP contribution in [0.5, 0.6) is 0 Å². The molecule has 33 heavy (non-hydrogen) atoms. The van der Waals surface area contributed by atoms with Gasteiger partial charge in [0.1, 0.15) is 0 Å². The number of carbonyl (C=O) groups excluding carboxylic acids is 2. The summed E-state index contributed by atoms with van der Waals surface area (Å²) >= 11 is 0. The van der Waals surface area contributed by atoms with E-state index >= 15 is 0 Å². The predicted octanol–water partition coefficient (Wildman–Crippen LogP) is 3.45. The number of aromatic nitrogens is 1. The first-order valence-electron chi connectivity index (χ1n) is 11.3. The van der Waals surface area contributed by atoms with Crippen LogP contribution in [0.15, 0.2) is 36.5 Å². The number of carbonyl (C=O) groups is 2. The van der Waals surface area contributed by atoms with E-state index < -0.39 is 11.7 Å². The summed E-state index contributed by atoms with van der Waals surface area (Å²) in [4.78, 5) is 33.9. The molecule has 2 aromatic rings. The van der Waals surface area contributed by atoms with Gasteiger partial charge in [0.05, 0.1) is 28.9 Å². The largest absolute Gasteiger partial charge is 0.416 e. The summed E-state index contributed by atoms with van der Waals surface area (Å²) in [7, 11) is 0. The molecule has 1 N–H and O–H groups in total. The molecule has 3 heterocycles. The molecule has 0 unspecified atom stereocenters. The van der Waals surface area contributed by atoms with Crippen molar-refractivity contribution < 1.29 is 22.8 Å². The van der Waals surface area contributed by atoms with Crippen LogP contribution in [-0.4, -0.2) is 54.4 Å². The molecule has 0 spiro atoms. The van der Waals surface area contributed by atoms with E-state index in [0.29, 0.717) is 48.4 Å². The zero-order chi connectivity index (χ0) is 23.4. The Labute approximate surface area is 190 Å². The van der Waals surface area contributed by atoms with Crippen molar-refractivity contribution in [3.8, 4) is 0 Å². The Morgan fingerprint density at radius 3 is 2.61 bits per heavy atom. The molecular weight excluding hydrogens is 433 g/mol. The van der Waals surface area contributed by atoms with Crippen molar-refractivity contribution in [3.63, 3.8) is 0 Å². The molecule has 1 fully saturated rings. The molecular formula is C24H27F3N4O2. The highest BCUT2D eigenvalue weighted by Gasteiger charge is 2.31. The molecule has 0 saturated carbocycles. The van der Waals surface area contributed by atoms with E-state index in [4.69, 9.17) is 0 Å². The van der Waals surface area contributed by atoms with Crippen molar-refractivity contribution in [3.05, 3.63) is 58.9 Å². The van der Waals surface area contributed by atoms with Crippen molar-refractivity contribution >= 4 is 17.5 Å². The number of alkyl halides is 3. The Hall–Kier alpha value is -2.94. The minimum absolute atomic E-state index is 0.157. The first kappa shape index (κ1) is 23.2. The highest BCUT2D eigenvalue weighted by molar-refractivity contribution is 5.99.